The number of para-hydroxylation sites is 1. The van der Waals surface area contributed by atoms with Crippen LogP contribution in [-0.2, 0) is 0 Å². The number of aryl methyl sites for hydroxylation is 2. The van der Waals surface area contributed by atoms with Crippen molar-refractivity contribution in [3.8, 4) is 5.69 Å². The molecule has 1 saturated heterocycles. The minimum Gasteiger partial charge on any atom is -0.357 e. The Bertz CT molecular complexity index is 1050. The molecule has 1 aromatic carbocycles. The number of halogens is 2. The predicted molar refractivity (Wildman–Crippen MR) is 107 cm³/mol. The Morgan fingerprint density at radius 1 is 1.07 bits per heavy atom. The number of nitrogens with one attached hydrogen (secondary N) is 1. The van der Waals surface area contributed by atoms with Crippen LogP contribution in [0.15, 0.2) is 36.5 Å². The molecule has 0 atom stereocenters. The molecule has 0 unspecified atom stereocenters. The smallest absolute Gasteiger partial charge is 0.276 e. The number of benzene rings is 1. The summed E-state index contributed by atoms with van der Waals surface area (Å²) in [4.78, 5) is 19.5. The van der Waals surface area contributed by atoms with E-state index in [1.165, 1.54) is 12.3 Å². The molecule has 0 radical (unpaired) electrons. The Morgan fingerprint density at radius 2 is 1.76 bits per heavy atom. The van der Waals surface area contributed by atoms with E-state index in [1.54, 1.807) is 6.92 Å². The molecule has 29 heavy (non-hydrogen) atoms. The van der Waals surface area contributed by atoms with Crippen molar-refractivity contribution >= 4 is 17.4 Å². The minimum atomic E-state index is -0.753. The SMILES string of the molecule is Cc1cn(-c2c(F)cccc2F)nc1C(=O)Nc1ccc(N2CCCC2)nc1C. The van der Waals surface area contributed by atoms with Gasteiger partial charge in [0.2, 0.25) is 0 Å². The molecule has 8 heteroatoms. The fraction of sp³-hybridized carbons (Fsp3) is 0.286. The molecule has 4 rings (SSSR count). The van der Waals surface area contributed by atoms with Crippen molar-refractivity contribution in [3.05, 3.63) is 65.1 Å². The zero-order valence-corrected chi connectivity index (χ0v) is 16.2. The standard InChI is InChI=1S/C21H21F2N5O/c1-13-12-28(20-15(22)6-5-7-16(20)23)26-19(13)21(29)25-17-8-9-18(24-14(17)2)27-10-3-4-11-27/h5-9,12H,3-4,10-11H2,1-2H3,(H,25,29). The maximum absolute atomic E-state index is 14.0. The third-order valence-corrected chi connectivity index (χ3v) is 5.03. The third-order valence-electron chi connectivity index (χ3n) is 5.03. The Balaban J connectivity index is 1.57. The molecule has 6 nitrogen and oxygen atoms in total. The molecule has 1 fully saturated rings. The van der Waals surface area contributed by atoms with Crippen LogP contribution in [0.1, 0.15) is 34.6 Å². The number of hydrogen-bond donors (Lipinski definition) is 1. The lowest BCUT2D eigenvalue weighted by molar-refractivity contribution is 0.102. The van der Waals surface area contributed by atoms with Crippen molar-refractivity contribution in [1.29, 1.82) is 0 Å². The molecule has 150 valence electrons. The molecule has 3 aromatic rings. The Morgan fingerprint density at radius 3 is 2.41 bits per heavy atom. The van der Waals surface area contributed by atoms with E-state index in [1.807, 2.05) is 19.1 Å². The largest absolute Gasteiger partial charge is 0.357 e. The third kappa shape index (κ3) is 3.70. The number of amides is 1. The van der Waals surface area contributed by atoms with Crippen LogP contribution in [-0.4, -0.2) is 33.8 Å². The van der Waals surface area contributed by atoms with E-state index in [-0.39, 0.29) is 11.4 Å². The molecule has 1 aliphatic heterocycles. The summed E-state index contributed by atoms with van der Waals surface area (Å²) in [5.74, 6) is -1.07. The molecule has 1 N–H and O–H groups in total. The van der Waals surface area contributed by atoms with Gasteiger partial charge in [-0.15, -0.1) is 0 Å². The first-order chi connectivity index (χ1) is 13.9. The number of aromatic nitrogens is 3. The summed E-state index contributed by atoms with van der Waals surface area (Å²) in [6, 6.07) is 7.27. The minimum absolute atomic E-state index is 0.0932. The van der Waals surface area contributed by atoms with Crippen LogP contribution in [0.4, 0.5) is 20.3 Å². The van der Waals surface area contributed by atoms with Gasteiger partial charge in [-0.1, -0.05) is 6.07 Å². The highest BCUT2D eigenvalue weighted by atomic mass is 19.1. The van der Waals surface area contributed by atoms with Crippen LogP contribution >= 0.6 is 0 Å². The first-order valence-corrected chi connectivity index (χ1v) is 9.48. The normalized spacial score (nSPS) is 13.7. The molecule has 3 heterocycles. The van der Waals surface area contributed by atoms with E-state index in [0.717, 1.165) is 48.6 Å². The van der Waals surface area contributed by atoms with Gasteiger partial charge in [-0.2, -0.15) is 5.10 Å². The number of pyridine rings is 1. The second-order valence-corrected chi connectivity index (χ2v) is 7.13. The molecule has 0 spiro atoms. The number of carbonyl (C=O) groups excluding carboxylic acids is 1. The summed E-state index contributed by atoms with van der Waals surface area (Å²) < 4.78 is 29.1. The van der Waals surface area contributed by atoms with Crippen molar-refractivity contribution in [2.75, 3.05) is 23.3 Å². The maximum atomic E-state index is 14.0. The molecule has 0 saturated carbocycles. The summed E-state index contributed by atoms with van der Waals surface area (Å²) in [7, 11) is 0. The van der Waals surface area contributed by atoms with Crippen molar-refractivity contribution in [1.82, 2.24) is 14.8 Å². The Labute approximate surface area is 167 Å². The fourth-order valence-electron chi connectivity index (χ4n) is 3.49. The maximum Gasteiger partial charge on any atom is 0.276 e. The summed E-state index contributed by atoms with van der Waals surface area (Å²) in [5, 5.41) is 6.90. The van der Waals surface area contributed by atoms with E-state index in [9.17, 15) is 13.6 Å². The lowest BCUT2D eigenvalue weighted by Gasteiger charge is -2.18. The predicted octanol–water partition coefficient (Wildman–Crippen LogP) is 4.01. The van der Waals surface area contributed by atoms with Crippen LogP contribution in [0, 0.1) is 25.5 Å². The van der Waals surface area contributed by atoms with Gasteiger partial charge in [-0.25, -0.2) is 18.4 Å². The summed E-state index contributed by atoms with van der Waals surface area (Å²) in [6.07, 6.45) is 3.74. The molecular weight excluding hydrogens is 376 g/mol. The number of nitrogens with zero attached hydrogens (tertiary/aromatic N) is 4. The average Bonchev–Trinajstić information content (AvgIpc) is 3.33. The van der Waals surface area contributed by atoms with Crippen molar-refractivity contribution in [3.63, 3.8) is 0 Å². The molecule has 1 amide bonds. The van der Waals surface area contributed by atoms with Gasteiger partial charge in [0.1, 0.15) is 11.5 Å². The molecule has 0 aliphatic carbocycles. The molecule has 2 aromatic heterocycles. The van der Waals surface area contributed by atoms with Gasteiger partial charge in [0.15, 0.2) is 17.3 Å². The van der Waals surface area contributed by atoms with Crippen molar-refractivity contribution < 1.29 is 13.6 Å². The van der Waals surface area contributed by atoms with E-state index in [2.05, 4.69) is 20.3 Å². The lowest BCUT2D eigenvalue weighted by Crippen LogP contribution is -2.20. The Hall–Kier alpha value is -3.29. The summed E-state index contributed by atoms with van der Waals surface area (Å²) >= 11 is 0. The van der Waals surface area contributed by atoms with Crippen LogP contribution in [0.25, 0.3) is 5.69 Å². The van der Waals surface area contributed by atoms with E-state index >= 15 is 0 Å². The lowest BCUT2D eigenvalue weighted by atomic mass is 10.2. The number of anilines is 2. The quantitative estimate of drug-likeness (QED) is 0.722. The Kier molecular flexibility index (Phi) is 5.00. The van der Waals surface area contributed by atoms with Gasteiger partial charge in [-0.05, 0) is 51.0 Å². The van der Waals surface area contributed by atoms with E-state index < -0.39 is 17.5 Å². The topological polar surface area (TPSA) is 63.1 Å². The monoisotopic (exact) mass is 397 g/mol. The second-order valence-electron chi connectivity index (χ2n) is 7.13. The first-order valence-electron chi connectivity index (χ1n) is 9.48. The zero-order chi connectivity index (χ0) is 20.5. The first kappa shape index (κ1) is 19.0. The van der Waals surface area contributed by atoms with Crippen LogP contribution in [0.2, 0.25) is 0 Å². The molecule has 0 bridgehead atoms. The van der Waals surface area contributed by atoms with Gasteiger partial charge in [-0.3, -0.25) is 4.79 Å². The highest BCUT2D eigenvalue weighted by Gasteiger charge is 2.20. The van der Waals surface area contributed by atoms with Gasteiger partial charge >= 0.3 is 0 Å². The number of rotatable bonds is 4. The van der Waals surface area contributed by atoms with Crippen molar-refractivity contribution in [2.45, 2.75) is 26.7 Å². The van der Waals surface area contributed by atoms with Gasteiger partial charge in [0.25, 0.3) is 5.91 Å². The van der Waals surface area contributed by atoms with Gasteiger partial charge < -0.3 is 10.2 Å². The zero-order valence-electron chi connectivity index (χ0n) is 16.2. The number of hydrogen-bond acceptors (Lipinski definition) is 4. The highest BCUT2D eigenvalue weighted by Crippen LogP contribution is 2.23. The van der Waals surface area contributed by atoms with E-state index in [4.69, 9.17) is 0 Å². The molecule has 1 aliphatic rings. The van der Waals surface area contributed by atoms with Crippen molar-refractivity contribution in [2.24, 2.45) is 0 Å². The molecular formula is C21H21F2N5O. The van der Waals surface area contributed by atoms with Crippen LogP contribution in [0.5, 0.6) is 0 Å². The summed E-state index contributed by atoms with van der Waals surface area (Å²) in [6.45, 7) is 5.47. The second kappa shape index (κ2) is 7.62. The summed E-state index contributed by atoms with van der Waals surface area (Å²) in [5.41, 5.74) is 1.55. The number of carbonyl (C=O) groups is 1. The van der Waals surface area contributed by atoms with E-state index in [0.29, 0.717) is 16.9 Å². The average molecular weight is 397 g/mol. The van der Waals surface area contributed by atoms with Crippen LogP contribution in [0.3, 0.4) is 0 Å². The highest BCUT2D eigenvalue weighted by molar-refractivity contribution is 6.04. The fourth-order valence-corrected chi connectivity index (χ4v) is 3.49. The van der Waals surface area contributed by atoms with Crippen LogP contribution < -0.4 is 10.2 Å². The van der Waals surface area contributed by atoms with Gasteiger partial charge in [0, 0.05) is 24.8 Å². The van der Waals surface area contributed by atoms with Gasteiger partial charge in [0.05, 0.1) is 11.4 Å².